The van der Waals surface area contributed by atoms with Gasteiger partial charge in [0.1, 0.15) is 6.61 Å². The molecule has 0 unspecified atom stereocenters. The van der Waals surface area contributed by atoms with Gasteiger partial charge in [-0.3, -0.25) is 19.8 Å². The van der Waals surface area contributed by atoms with Crippen LogP contribution >= 0.6 is 39.3 Å². The van der Waals surface area contributed by atoms with Gasteiger partial charge >= 0.3 is 0 Å². The number of H-pyrrole nitrogens is 1. The predicted molar refractivity (Wildman–Crippen MR) is 186 cm³/mol. The number of benzene rings is 4. The van der Waals surface area contributed by atoms with E-state index in [1.165, 1.54) is 23.9 Å². The number of nitrogens with zero attached hydrogens (tertiary/aromatic N) is 3. The Labute approximate surface area is 282 Å². The van der Waals surface area contributed by atoms with Crippen LogP contribution in [0.4, 0.5) is 11.4 Å². The second-order valence-corrected chi connectivity index (χ2v) is 12.5. The highest BCUT2D eigenvalue weighted by Gasteiger charge is 2.33. The molecule has 0 atom stereocenters. The Kier molecular flexibility index (Phi) is 9.43. The van der Waals surface area contributed by atoms with Crippen LogP contribution in [0.15, 0.2) is 105 Å². The van der Waals surface area contributed by atoms with Crippen LogP contribution < -0.4 is 9.47 Å². The number of amides is 1. The lowest BCUT2D eigenvalue weighted by molar-refractivity contribution is -0.384. The van der Waals surface area contributed by atoms with E-state index in [-0.39, 0.29) is 18.2 Å². The Morgan fingerprint density at radius 2 is 1.80 bits per heavy atom. The smallest absolute Gasteiger partial charge is 0.269 e. The molecule has 1 aromatic heterocycles. The monoisotopic (exact) mass is 716 g/mol. The molecule has 0 saturated carbocycles. The van der Waals surface area contributed by atoms with Crippen molar-refractivity contribution in [1.29, 1.82) is 0 Å². The number of aromatic nitrogens is 1. The number of methoxy groups -OCH3 is 1. The first kappa shape index (κ1) is 31.4. The molecule has 9 nitrogen and oxygen atoms in total. The van der Waals surface area contributed by atoms with Crippen molar-refractivity contribution < 1.29 is 19.2 Å². The van der Waals surface area contributed by atoms with Gasteiger partial charge in [0, 0.05) is 50.8 Å². The summed E-state index contributed by atoms with van der Waals surface area (Å²) in [6, 6.07) is 25.0. The second-order valence-electron chi connectivity index (χ2n) is 10.2. The molecular formula is C34H26BrClN4O5S. The van der Waals surface area contributed by atoms with Gasteiger partial charge in [0.05, 0.1) is 22.6 Å². The number of thioether (sulfide) groups is 1. The van der Waals surface area contributed by atoms with Crippen molar-refractivity contribution in [2.24, 2.45) is 4.99 Å². The molecule has 1 aliphatic rings. The van der Waals surface area contributed by atoms with Crippen molar-refractivity contribution in [3.05, 3.63) is 132 Å². The molecule has 0 spiro atoms. The van der Waals surface area contributed by atoms with E-state index in [2.05, 4.69) is 20.9 Å². The van der Waals surface area contributed by atoms with Crippen LogP contribution in [0.2, 0.25) is 5.02 Å². The molecule has 2 heterocycles. The second kappa shape index (κ2) is 13.8. The first-order chi connectivity index (χ1) is 22.3. The lowest BCUT2D eigenvalue weighted by Gasteiger charge is -2.15. The van der Waals surface area contributed by atoms with Gasteiger partial charge < -0.3 is 14.5 Å². The van der Waals surface area contributed by atoms with E-state index in [9.17, 15) is 14.9 Å². The quantitative estimate of drug-likeness (QED) is 0.0878. The maximum atomic E-state index is 13.9. The number of nitrogens with one attached hydrogen (secondary N) is 1. The molecule has 1 N–H and O–H groups in total. The van der Waals surface area contributed by atoms with Gasteiger partial charge in [-0.05, 0) is 71.8 Å². The van der Waals surface area contributed by atoms with Crippen LogP contribution in [0, 0.1) is 10.1 Å². The minimum Gasteiger partial charge on any atom is -0.493 e. The number of hydrogen-bond acceptors (Lipinski definition) is 7. The number of non-ortho nitro benzene ring substituents is 1. The zero-order valence-electron chi connectivity index (χ0n) is 24.4. The topological polar surface area (TPSA) is 110 Å². The molecule has 4 aromatic carbocycles. The number of para-hydroxylation sites is 1. The van der Waals surface area contributed by atoms with E-state index in [4.69, 9.17) is 26.1 Å². The number of carbonyl (C=O) groups is 1. The van der Waals surface area contributed by atoms with E-state index in [1.54, 1.807) is 42.4 Å². The Hall–Kier alpha value is -4.58. The van der Waals surface area contributed by atoms with Crippen LogP contribution in [0.1, 0.15) is 16.7 Å². The fourth-order valence-corrected chi connectivity index (χ4v) is 6.61. The minimum absolute atomic E-state index is 0.0334. The summed E-state index contributed by atoms with van der Waals surface area (Å²) >= 11 is 11.2. The number of halogens is 2. The van der Waals surface area contributed by atoms with Crippen LogP contribution in [-0.4, -0.2) is 39.5 Å². The summed E-state index contributed by atoms with van der Waals surface area (Å²) in [5, 5.41) is 13.3. The van der Waals surface area contributed by atoms with E-state index in [0.717, 1.165) is 22.0 Å². The van der Waals surface area contributed by atoms with Gasteiger partial charge in [0.25, 0.3) is 11.6 Å². The molecule has 6 rings (SSSR count). The number of carbonyl (C=O) groups excluding carboxylic acids is 1. The number of hydrogen-bond donors (Lipinski definition) is 1. The molecule has 1 saturated heterocycles. The predicted octanol–water partition coefficient (Wildman–Crippen LogP) is 8.93. The van der Waals surface area contributed by atoms with Crippen molar-refractivity contribution in [3.63, 3.8) is 0 Å². The molecule has 1 aliphatic heterocycles. The third-order valence-electron chi connectivity index (χ3n) is 7.36. The van der Waals surface area contributed by atoms with Crippen molar-refractivity contribution in [2.75, 3.05) is 13.7 Å². The summed E-state index contributed by atoms with van der Waals surface area (Å²) in [6.45, 7) is 0.640. The SMILES string of the molecule is COc1cc(/C=C2\SC(=Nc3ccc([N+](=O)[O-])cc3)N(CCc3c[nH]c4ccccc34)C2=O)c(Br)cc1OCc1ccccc1Cl. The van der Waals surface area contributed by atoms with E-state index in [1.807, 2.05) is 54.7 Å². The number of nitro groups is 1. The van der Waals surface area contributed by atoms with Gasteiger partial charge in [0.2, 0.25) is 0 Å². The molecule has 232 valence electrons. The Balaban J connectivity index is 1.29. The summed E-state index contributed by atoms with van der Waals surface area (Å²) in [5.74, 6) is 0.812. The normalized spacial score (nSPS) is 14.8. The minimum atomic E-state index is -0.460. The number of aliphatic imine (C=N–C) groups is 1. The summed E-state index contributed by atoms with van der Waals surface area (Å²) in [4.78, 5) is 34.7. The van der Waals surface area contributed by atoms with Crippen molar-refractivity contribution >= 4 is 78.7 Å². The van der Waals surface area contributed by atoms with Crippen molar-refractivity contribution in [1.82, 2.24) is 9.88 Å². The Morgan fingerprint density at radius 1 is 1.04 bits per heavy atom. The number of nitro benzene ring substituents is 1. The van der Waals surface area contributed by atoms with Crippen LogP contribution in [0.5, 0.6) is 11.5 Å². The zero-order chi connectivity index (χ0) is 32.2. The number of amidine groups is 1. The van der Waals surface area contributed by atoms with E-state index < -0.39 is 4.92 Å². The summed E-state index contributed by atoms with van der Waals surface area (Å²) in [6.07, 6.45) is 4.34. The van der Waals surface area contributed by atoms with Gasteiger partial charge in [-0.15, -0.1) is 0 Å². The molecule has 0 bridgehead atoms. The molecule has 0 radical (unpaired) electrons. The largest absolute Gasteiger partial charge is 0.493 e. The van der Waals surface area contributed by atoms with Crippen molar-refractivity contribution in [3.8, 4) is 11.5 Å². The van der Waals surface area contributed by atoms with E-state index in [0.29, 0.717) is 55.3 Å². The molecule has 1 amide bonds. The van der Waals surface area contributed by atoms with Gasteiger partial charge in [-0.1, -0.05) is 63.9 Å². The summed E-state index contributed by atoms with van der Waals surface area (Å²) in [5.41, 5.74) is 4.13. The lowest BCUT2D eigenvalue weighted by atomic mass is 10.1. The molecule has 0 aliphatic carbocycles. The third kappa shape index (κ3) is 6.81. The van der Waals surface area contributed by atoms with Crippen LogP contribution in [0.25, 0.3) is 17.0 Å². The average molecular weight is 718 g/mol. The number of aromatic amines is 1. The highest BCUT2D eigenvalue weighted by molar-refractivity contribution is 9.10. The van der Waals surface area contributed by atoms with Crippen molar-refractivity contribution in [2.45, 2.75) is 13.0 Å². The number of rotatable bonds is 10. The maximum Gasteiger partial charge on any atom is 0.269 e. The number of fused-ring (bicyclic) bond motifs is 1. The van der Waals surface area contributed by atoms with Crippen LogP contribution in [0.3, 0.4) is 0 Å². The fourth-order valence-electron chi connectivity index (χ4n) is 4.96. The molecule has 12 heteroatoms. The third-order valence-corrected chi connectivity index (χ3v) is 9.43. The molecular weight excluding hydrogens is 692 g/mol. The Bertz CT molecular complexity index is 2010. The number of ether oxygens (including phenoxy) is 2. The fraction of sp³-hybridized carbons (Fsp3) is 0.118. The zero-order valence-corrected chi connectivity index (χ0v) is 27.6. The molecule has 1 fully saturated rings. The van der Waals surface area contributed by atoms with Gasteiger partial charge in [-0.25, -0.2) is 4.99 Å². The van der Waals surface area contributed by atoms with E-state index >= 15 is 0 Å². The summed E-state index contributed by atoms with van der Waals surface area (Å²) < 4.78 is 12.4. The summed E-state index contributed by atoms with van der Waals surface area (Å²) in [7, 11) is 1.55. The standard InChI is InChI=1S/C34H26BrClN4O5S/c1-44-30-16-23(27(35)18-31(30)45-20-22-6-2-4-8-28(22)36)17-32-33(41)39(15-14-21-19-37-29-9-5-3-7-26(21)29)34(46-32)38-24-10-12-25(13-11-24)40(42)43/h2-13,16-19,37H,14-15,20H2,1H3/b32-17-,38-34?. The lowest BCUT2D eigenvalue weighted by Crippen LogP contribution is -2.31. The Morgan fingerprint density at radius 3 is 2.57 bits per heavy atom. The molecule has 5 aromatic rings. The van der Waals surface area contributed by atoms with Gasteiger partial charge in [-0.2, -0.15) is 0 Å². The first-order valence-corrected chi connectivity index (χ1v) is 16.1. The van der Waals surface area contributed by atoms with Gasteiger partial charge in [0.15, 0.2) is 16.7 Å². The molecule has 46 heavy (non-hydrogen) atoms. The first-order valence-electron chi connectivity index (χ1n) is 14.1. The average Bonchev–Trinajstić information content (AvgIpc) is 3.60. The maximum absolute atomic E-state index is 13.9. The van der Waals surface area contributed by atoms with Crippen LogP contribution in [-0.2, 0) is 17.8 Å². The highest BCUT2D eigenvalue weighted by Crippen LogP contribution is 2.39. The highest BCUT2D eigenvalue weighted by atomic mass is 79.9.